The highest BCUT2D eigenvalue weighted by molar-refractivity contribution is 8.06. The molecular weight excluding hydrogens is 512 g/mol. The zero-order valence-electron chi connectivity index (χ0n) is 21.9. The highest BCUT2D eigenvalue weighted by atomic mass is 32.2. The lowest BCUT2D eigenvalue weighted by Crippen LogP contribution is -2.36. The summed E-state index contributed by atoms with van der Waals surface area (Å²) in [5.74, 6) is 0. The SMILES string of the molecule is CCc1c(Cc2cc(C)cc(C)c2)n(COC/C(=C/Sc2ccccc2)Sc2ccccc2)c(=O)[nH]c1=O. The summed E-state index contributed by atoms with van der Waals surface area (Å²) in [4.78, 5) is 31.3. The first-order valence-electron chi connectivity index (χ1n) is 12.6. The fourth-order valence-electron chi connectivity index (χ4n) is 4.32. The summed E-state index contributed by atoms with van der Waals surface area (Å²) < 4.78 is 7.69. The maximum Gasteiger partial charge on any atom is 0.330 e. The number of nitrogens with one attached hydrogen (secondary N) is 1. The van der Waals surface area contributed by atoms with Gasteiger partial charge in [0.15, 0.2) is 0 Å². The van der Waals surface area contributed by atoms with E-state index >= 15 is 0 Å². The molecule has 0 saturated carbocycles. The van der Waals surface area contributed by atoms with Gasteiger partial charge in [0.1, 0.15) is 6.73 Å². The van der Waals surface area contributed by atoms with Gasteiger partial charge in [0, 0.05) is 32.4 Å². The molecule has 1 heterocycles. The van der Waals surface area contributed by atoms with Crippen LogP contribution in [0.1, 0.15) is 34.9 Å². The van der Waals surface area contributed by atoms with Crippen LogP contribution in [0.5, 0.6) is 0 Å². The molecule has 5 nitrogen and oxygen atoms in total. The minimum atomic E-state index is -0.452. The summed E-state index contributed by atoms with van der Waals surface area (Å²) in [6.45, 7) is 6.41. The number of aromatic nitrogens is 2. The van der Waals surface area contributed by atoms with Crippen LogP contribution in [0, 0.1) is 13.8 Å². The standard InChI is InChI=1S/C31H32N2O3S2/c1-4-28-29(18-24-16-22(2)15-23(3)17-24)33(31(35)32-30(28)34)21-36-19-27(38-26-13-9-6-10-14-26)20-37-25-11-7-5-8-12-25/h5-17,20H,4,18-19,21H2,1-3H3,(H,32,34,35)/b27-20-. The fraction of sp³-hybridized carbons (Fsp3) is 0.226. The minimum Gasteiger partial charge on any atom is -0.355 e. The number of hydrogen-bond donors (Lipinski definition) is 1. The number of thioether (sulfide) groups is 2. The molecule has 1 aromatic heterocycles. The molecule has 7 heteroatoms. The van der Waals surface area contributed by atoms with Crippen LogP contribution >= 0.6 is 23.5 Å². The van der Waals surface area contributed by atoms with E-state index < -0.39 is 5.69 Å². The molecule has 0 bridgehead atoms. The summed E-state index contributed by atoms with van der Waals surface area (Å²) in [5.41, 5.74) is 3.90. The first-order chi connectivity index (χ1) is 18.4. The molecule has 0 unspecified atom stereocenters. The normalized spacial score (nSPS) is 11.6. The molecule has 3 aromatic carbocycles. The van der Waals surface area contributed by atoms with Gasteiger partial charge in [0.2, 0.25) is 0 Å². The van der Waals surface area contributed by atoms with Crippen molar-refractivity contribution in [1.29, 1.82) is 0 Å². The number of nitrogens with zero attached hydrogens (tertiary/aromatic N) is 1. The Labute approximate surface area is 232 Å². The van der Waals surface area contributed by atoms with E-state index in [1.807, 2.05) is 43.3 Å². The van der Waals surface area contributed by atoms with E-state index in [1.165, 1.54) is 0 Å². The smallest absolute Gasteiger partial charge is 0.330 e. The fourth-order valence-corrected chi connectivity index (χ4v) is 6.05. The van der Waals surface area contributed by atoms with E-state index in [2.05, 4.69) is 66.7 Å². The van der Waals surface area contributed by atoms with Gasteiger partial charge in [0.05, 0.1) is 6.61 Å². The second kappa shape index (κ2) is 13.5. The van der Waals surface area contributed by atoms with Crippen molar-refractivity contribution < 1.29 is 4.74 Å². The Kier molecular flexibility index (Phi) is 9.87. The van der Waals surface area contributed by atoms with E-state index in [1.54, 1.807) is 28.1 Å². The van der Waals surface area contributed by atoms with Gasteiger partial charge in [0.25, 0.3) is 5.56 Å². The Morgan fingerprint density at radius 2 is 1.55 bits per heavy atom. The van der Waals surface area contributed by atoms with Crippen molar-refractivity contribution in [1.82, 2.24) is 9.55 Å². The van der Waals surface area contributed by atoms with Gasteiger partial charge in [-0.15, -0.1) is 0 Å². The molecule has 0 aliphatic heterocycles. The topological polar surface area (TPSA) is 64.1 Å². The molecule has 196 valence electrons. The van der Waals surface area contributed by atoms with Gasteiger partial charge in [-0.05, 0) is 55.5 Å². The van der Waals surface area contributed by atoms with E-state index in [4.69, 9.17) is 4.74 Å². The van der Waals surface area contributed by atoms with E-state index in [9.17, 15) is 9.59 Å². The van der Waals surface area contributed by atoms with Crippen molar-refractivity contribution in [3.8, 4) is 0 Å². The summed E-state index contributed by atoms with van der Waals surface area (Å²) in [6, 6.07) is 26.6. The van der Waals surface area contributed by atoms with Crippen molar-refractivity contribution in [2.24, 2.45) is 0 Å². The molecule has 4 aromatic rings. The van der Waals surface area contributed by atoms with Gasteiger partial charge in [-0.3, -0.25) is 14.3 Å². The first-order valence-corrected chi connectivity index (χ1v) is 14.3. The average molecular weight is 545 g/mol. The third kappa shape index (κ3) is 7.63. The molecule has 0 saturated heterocycles. The number of H-pyrrole nitrogens is 1. The third-order valence-corrected chi connectivity index (χ3v) is 8.05. The van der Waals surface area contributed by atoms with Gasteiger partial charge in [-0.2, -0.15) is 0 Å². The zero-order valence-corrected chi connectivity index (χ0v) is 23.5. The second-order valence-electron chi connectivity index (χ2n) is 9.05. The van der Waals surface area contributed by atoms with Gasteiger partial charge in [-0.1, -0.05) is 96.2 Å². The Bertz CT molecular complexity index is 1490. The lowest BCUT2D eigenvalue weighted by atomic mass is 10.0. The monoisotopic (exact) mass is 544 g/mol. The average Bonchev–Trinajstić information content (AvgIpc) is 2.89. The van der Waals surface area contributed by atoms with Gasteiger partial charge in [-0.25, -0.2) is 4.79 Å². The van der Waals surface area contributed by atoms with Gasteiger partial charge < -0.3 is 4.74 Å². The summed E-state index contributed by atoms with van der Waals surface area (Å²) >= 11 is 3.27. The van der Waals surface area contributed by atoms with Crippen LogP contribution in [0.25, 0.3) is 0 Å². The number of ether oxygens (including phenoxy) is 1. The van der Waals surface area contributed by atoms with Crippen LogP contribution in [0.15, 0.2) is 109 Å². The molecule has 0 fully saturated rings. The van der Waals surface area contributed by atoms with E-state index in [-0.39, 0.29) is 12.3 Å². The summed E-state index contributed by atoms with van der Waals surface area (Å²) in [6.07, 6.45) is 1.01. The van der Waals surface area contributed by atoms with Crippen LogP contribution in [0.4, 0.5) is 0 Å². The predicted molar refractivity (Wildman–Crippen MR) is 158 cm³/mol. The molecule has 0 aliphatic rings. The zero-order chi connectivity index (χ0) is 26.9. The predicted octanol–water partition coefficient (Wildman–Crippen LogP) is 6.71. The van der Waals surface area contributed by atoms with Crippen molar-refractivity contribution in [3.63, 3.8) is 0 Å². The largest absolute Gasteiger partial charge is 0.355 e. The maximum atomic E-state index is 12.9. The minimum absolute atomic E-state index is 0.0471. The Balaban J connectivity index is 1.58. The molecular formula is C31H32N2O3S2. The van der Waals surface area contributed by atoms with Crippen LogP contribution in [0.3, 0.4) is 0 Å². The summed E-state index contributed by atoms with van der Waals surface area (Å²) in [7, 11) is 0. The number of hydrogen-bond acceptors (Lipinski definition) is 5. The lowest BCUT2D eigenvalue weighted by Gasteiger charge is -2.17. The second-order valence-corrected chi connectivity index (χ2v) is 11.2. The summed E-state index contributed by atoms with van der Waals surface area (Å²) in [5, 5.41) is 2.09. The maximum absolute atomic E-state index is 12.9. The Morgan fingerprint density at radius 1 is 0.921 bits per heavy atom. The number of rotatable bonds is 11. The lowest BCUT2D eigenvalue weighted by molar-refractivity contribution is 0.0927. The quantitative estimate of drug-likeness (QED) is 0.213. The first kappa shape index (κ1) is 27.8. The van der Waals surface area contributed by atoms with E-state index in [0.717, 1.165) is 31.4 Å². The number of aromatic amines is 1. The number of benzene rings is 3. The molecule has 38 heavy (non-hydrogen) atoms. The van der Waals surface area contributed by atoms with Crippen LogP contribution in [-0.2, 0) is 24.3 Å². The molecule has 4 rings (SSSR count). The van der Waals surface area contributed by atoms with Crippen LogP contribution in [-0.4, -0.2) is 16.2 Å². The molecule has 0 amide bonds. The van der Waals surface area contributed by atoms with Gasteiger partial charge >= 0.3 is 5.69 Å². The highest BCUT2D eigenvalue weighted by Gasteiger charge is 2.15. The molecule has 0 atom stereocenters. The van der Waals surface area contributed by atoms with Crippen LogP contribution < -0.4 is 11.2 Å². The van der Waals surface area contributed by atoms with Crippen molar-refractivity contribution >= 4 is 23.5 Å². The van der Waals surface area contributed by atoms with Crippen LogP contribution in [0.2, 0.25) is 0 Å². The van der Waals surface area contributed by atoms with Crippen molar-refractivity contribution in [2.75, 3.05) is 6.61 Å². The van der Waals surface area contributed by atoms with E-state index in [0.29, 0.717) is 30.7 Å². The molecule has 1 N–H and O–H groups in total. The molecule has 0 radical (unpaired) electrons. The van der Waals surface area contributed by atoms with Crippen molar-refractivity contribution in [2.45, 2.75) is 50.1 Å². The Hall–Kier alpha value is -3.26. The third-order valence-electron chi connectivity index (χ3n) is 5.95. The molecule has 0 spiro atoms. The van der Waals surface area contributed by atoms with Crippen molar-refractivity contribution in [3.05, 3.63) is 138 Å². The number of aryl methyl sites for hydroxylation is 2. The molecule has 0 aliphatic carbocycles. The Morgan fingerprint density at radius 3 is 2.18 bits per heavy atom. The highest BCUT2D eigenvalue weighted by Crippen LogP contribution is 2.31.